The molecule has 112 valence electrons. The lowest BCUT2D eigenvalue weighted by Gasteiger charge is -2.27. The minimum absolute atomic E-state index is 0.0566. The Hall–Kier alpha value is -2.35. The van der Waals surface area contributed by atoms with Gasteiger partial charge in [0.15, 0.2) is 6.61 Å². The van der Waals surface area contributed by atoms with Crippen molar-refractivity contribution in [3.05, 3.63) is 35.4 Å². The van der Waals surface area contributed by atoms with Crippen LogP contribution in [0.1, 0.15) is 36.7 Å². The number of ether oxygens (including phenoxy) is 1. The van der Waals surface area contributed by atoms with E-state index in [1.54, 1.807) is 25.1 Å². The lowest BCUT2D eigenvalue weighted by atomic mass is 9.90. The maximum absolute atomic E-state index is 11.8. The Labute approximate surface area is 124 Å². The van der Waals surface area contributed by atoms with Crippen LogP contribution in [-0.4, -0.2) is 24.0 Å². The number of hydrogen-bond acceptors (Lipinski definition) is 4. The third-order valence-electron chi connectivity index (χ3n) is 3.37. The van der Waals surface area contributed by atoms with Crippen molar-refractivity contribution in [1.29, 1.82) is 5.26 Å². The highest BCUT2D eigenvalue weighted by molar-refractivity contribution is 5.91. The molecule has 1 atom stereocenters. The van der Waals surface area contributed by atoms with Crippen LogP contribution in [0, 0.1) is 24.2 Å². The predicted octanol–water partition coefficient (Wildman–Crippen LogP) is 2.21. The normalized spacial score (nSPS) is 13.1. The van der Waals surface area contributed by atoms with Gasteiger partial charge in [0.1, 0.15) is 5.54 Å². The number of benzene rings is 1. The molecular weight excluding hydrogens is 268 g/mol. The van der Waals surface area contributed by atoms with Gasteiger partial charge in [-0.1, -0.05) is 31.5 Å². The van der Waals surface area contributed by atoms with Crippen molar-refractivity contribution in [3.63, 3.8) is 0 Å². The highest BCUT2D eigenvalue weighted by Gasteiger charge is 2.30. The molecule has 0 radical (unpaired) electrons. The molecule has 1 N–H and O–H groups in total. The standard InChI is InChI=1S/C16H20N2O3/c1-11(2)16(4,10-17)18-14(19)9-21-15(20)13-7-5-6-12(3)8-13/h5-8,11H,9H2,1-4H3,(H,18,19)/t16-/m1/s1. The van der Waals surface area contributed by atoms with Gasteiger partial charge in [-0.2, -0.15) is 5.26 Å². The van der Waals surface area contributed by atoms with Crippen LogP contribution in [0.4, 0.5) is 0 Å². The molecule has 0 unspecified atom stereocenters. The van der Waals surface area contributed by atoms with E-state index in [-0.39, 0.29) is 5.92 Å². The smallest absolute Gasteiger partial charge is 0.338 e. The third kappa shape index (κ3) is 4.60. The van der Waals surface area contributed by atoms with Gasteiger partial charge in [-0.05, 0) is 31.9 Å². The molecule has 5 nitrogen and oxygen atoms in total. The van der Waals surface area contributed by atoms with Crippen molar-refractivity contribution in [3.8, 4) is 6.07 Å². The van der Waals surface area contributed by atoms with Gasteiger partial charge in [0.25, 0.3) is 5.91 Å². The maximum Gasteiger partial charge on any atom is 0.338 e. The summed E-state index contributed by atoms with van der Waals surface area (Å²) in [5, 5.41) is 11.7. The molecule has 0 aliphatic heterocycles. The lowest BCUT2D eigenvalue weighted by Crippen LogP contribution is -2.50. The Kier molecular flexibility index (Phi) is 5.48. The summed E-state index contributed by atoms with van der Waals surface area (Å²) in [6, 6.07) is 8.99. The summed E-state index contributed by atoms with van der Waals surface area (Å²) in [5.74, 6) is -1.11. The van der Waals surface area contributed by atoms with Crippen molar-refractivity contribution in [2.75, 3.05) is 6.61 Å². The van der Waals surface area contributed by atoms with Crippen LogP contribution in [-0.2, 0) is 9.53 Å². The number of nitrogens with zero attached hydrogens (tertiary/aromatic N) is 1. The van der Waals surface area contributed by atoms with Gasteiger partial charge in [0.05, 0.1) is 11.6 Å². The molecule has 0 aliphatic rings. The van der Waals surface area contributed by atoms with Crippen LogP contribution in [0.15, 0.2) is 24.3 Å². The van der Waals surface area contributed by atoms with Gasteiger partial charge in [-0.25, -0.2) is 4.79 Å². The van der Waals surface area contributed by atoms with E-state index in [0.717, 1.165) is 5.56 Å². The average Bonchev–Trinajstić information content (AvgIpc) is 2.44. The monoisotopic (exact) mass is 288 g/mol. The predicted molar refractivity (Wildman–Crippen MR) is 78.5 cm³/mol. The molecule has 21 heavy (non-hydrogen) atoms. The summed E-state index contributed by atoms with van der Waals surface area (Å²) >= 11 is 0. The number of rotatable bonds is 5. The molecule has 1 aromatic carbocycles. The molecule has 0 heterocycles. The third-order valence-corrected chi connectivity index (χ3v) is 3.37. The maximum atomic E-state index is 11.8. The van der Waals surface area contributed by atoms with Crippen LogP contribution in [0.3, 0.4) is 0 Å². The minimum Gasteiger partial charge on any atom is -0.452 e. The number of carbonyl (C=O) groups excluding carboxylic acids is 2. The van der Waals surface area contributed by atoms with Crippen molar-refractivity contribution < 1.29 is 14.3 Å². The van der Waals surface area contributed by atoms with E-state index in [4.69, 9.17) is 10.00 Å². The van der Waals surface area contributed by atoms with Crippen LogP contribution in [0.5, 0.6) is 0 Å². The highest BCUT2D eigenvalue weighted by Crippen LogP contribution is 2.14. The zero-order valence-corrected chi connectivity index (χ0v) is 12.8. The Bertz CT molecular complexity index is 575. The molecule has 0 saturated carbocycles. The number of amides is 1. The Morgan fingerprint density at radius 2 is 2.10 bits per heavy atom. The largest absolute Gasteiger partial charge is 0.452 e. The van der Waals surface area contributed by atoms with Crippen LogP contribution in [0.25, 0.3) is 0 Å². The number of nitrogens with one attached hydrogen (secondary N) is 1. The summed E-state index contributed by atoms with van der Waals surface area (Å²) in [6.45, 7) is 6.77. The molecule has 1 aromatic rings. The van der Waals surface area contributed by atoms with E-state index in [9.17, 15) is 9.59 Å². The molecule has 5 heteroatoms. The SMILES string of the molecule is Cc1cccc(C(=O)OCC(=O)N[C@](C)(C#N)C(C)C)c1. The Morgan fingerprint density at radius 1 is 1.43 bits per heavy atom. The molecular formula is C16H20N2O3. The first kappa shape index (κ1) is 16.7. The van der Waals surface area contributed by atoms with Gasteiger partial charge in [0, 0.05) is 0 Å². The number of nitriles is 1. The first-order valence-electron chi connectivity index (χ1n) is 6.74. The second-order valence-corrected chi connectivity index (χ2v) is 5.46. The van der Waals surface area contributed by atoms with Crippen LogP contribution >= 0.6 is 0 Å². The van der Waals surface area contributed by atoms with Crippen molar-refractivity contribution in [1.82, 2.24) is 5.32 Å². The number of esters is 1. The van der Waals surface area contributed by atoms with Gasteiger partial charge in [-0.15, -0.1) is 0 Å². The van der Waals surface area contributed by atoms with Gasteiger partial charge in [-0.3, -0.25) is 4.79 Å². The topological polar surface area (TPSA) is 79.2 Å². The Morgan fingerprint density at radius 3 is 2.62 bits per heavy atom. The number of hydrogen-bond donors (Lipinski definition) is 1. The fraction of sp³-hybridized carbons (Fsp3) is 0.438. The van der Waals surface area contributed by atoms with E-state index in [0.29, 0.717) is 5.56 Å². The highest BCUT2D eigenvalue weighted by atomic mass is 16.5. The molecule has 0 aromatic heterocycles. The first-order chi connectivity index (χ1) is 9.78. The van der Waals surface area contributed by atoms with Crippen LogP contribution in [0.2, 0.25) is 0 Å². The van der Waals surface area contributed by atoms with Gasteiger partial charge < -0.3 is 10.1 Å². The van der Waals surface area contributed by atoms with Crippen LogP contribution < -0.4 is 5.32 Å². The van der Waals surface area contributed by atoms with Crippen molar-refractivity contribution in [2.24, 2.45) is 5.92 Å². The van der Waals surface area contributed by atoms with E-state index >= 15 is 0 Å². The van der Waals surface area contributed by atoms with E-state index in [1.165, 1.54) is 0 Å². The van der Waals surface area contributed by atoms with E-state index in [1.807, 2.05) is 26.8 Å². The van der Waals surface area contributed by atoms with Crippen molar-refractivity contribution in [2.45, 2.75) is 33.2 Å². The lowest BCUT2D eigenvalue weighted by molar-refractivity contribution is -0.125. The van der Waals surface area contributed by atoms with E-state index < -0.39 is 24.0 Å². The van der Waals surface area contributed by atoms with Gasteiger partial charge >= 0.3 is 5.97 Å². The molecule has 1 amide bonds. The summed E-state index contributed by atoms with van der Waals surface area (Å²) in [6.07, 6.45) is 0. The fourth-order valence-electron chi connectivity index (χ4n) is 1.61. The summed E-state index contributed by atoms with van der Waals surface area (Å²) < 4.78 is 4.95. The summed E-state index contributed by atoms with van der Waals surface area (Å²) in [7, 11) is 0. The fourth-order valence-corrected chi connectivity index (χ4v) is 1.61. The Balaban J connectivity index is 2.58. The molecule has 0 bridgehead atoms. The summed E-state index contributed by atoms with van der Waals surface area (Å²) in [4.78, 5) is 23.6. The number of aryl methyl sites for hydroxylation is 1. The second kappa shape index (κ2) is 6.89. The summed E-state index contributed by atoms with van der Waals surface area (Å²) in [5.41, 5.74) is 0.354. The quantitative estimate of drug-likeness (QED) is 0.842. The first-order valence-corrected chi connectivity index (χ1v) is 6.74. The molecule has 1 rings (SSSR count). The number of carbonyl (C=O) groups is 2. The zero-order chi connectivity index (χ0) is 16.0. The second-order valence-electron chi connectivity index (χ2n) is 5.46. The zero-order valence-electron chi connectivity index (χ0n) is 12.8. The average molecular weight is 288 g/mol. The van der Waals surface area contributed by atoms with Crippen molar-refractivity contribution >= 4 is 11.9 Å². The minimum atomic E-state index is -0.979. The molecule has 0 fully saturated rings. The van der Waals surface area contributed by atoms with E-state index in [2.05, 4.69) is 11.4 Å². The molecule has 0 saturated heterocycles. The molecule has 0 aliphatic carbocycles. The molecule has 0 spiro atoms. The van der Waals surface area contributed by atoms with Gasteiger partial charge in [0.2, 0.25) is 0 Å².